The summed E-state index contributed by atoms with van der Waals surface area (Å²) in [4.78, 5) is 27.9. The van der Waals surface area contributed by atoms with E-state index in [2.05, 4.69) is 4.99 Å². The summed E-state index contributed by atoms with van der Waals surface area (Å²) in [6, 6.07) is 1.87. The molecule has 0 saturated carbocycles. The molecule has 7 heteroatoms. The number of hydrogen-bond acceptors (Lipinski definition) is 6. The minimum atomic E-state index is -0.533. The zero-order valence-electron chi connectivity index (χ0n) is 13.7. The van der Waals surface area contributed by atoms with Gasteiger partial charge < -0.3 is 9.84 Å². The lowest BCUT2D eigenvalue weighted by molar-refractivity contribution is -0.134. The second kappa shape index (κ2) is 6.96. The third kappa shape index (κ3) is 2.99. The van der Waals surface area contributed by atoms with Crippen LogP contribution in [-0.2, 0) is 16.1 Å². The van der Waals surface area contributed by atoms with Crippen LogP contribution in [0.25, 0.3) is 6.08 Å². The zero-order chi connectivity index (χ0) is 17.9. The van der Waals surface area contributed by atoms with Gasteiger partial charge in [-0.15, -0.1) is 0 Å². The van der Waals surface area contributed by atoms with Gasteiger partial charge >= 0.3 is 5.97 Å². The molecule has 0 amide bonds. The lowest BCUT2D eigenvalue weighted by Gasteiger charge is -2.12. The fourth-order valence-electron chi connectivity index (χ4n) is 2.36. The topological polar surface area (TPSA) is 105 Å². The molecule has 0 saturated heterocycles. The van der Waals surface area contributed by atoms with Crippen molar-refractivity contribution in [1.29, 1.82) is 5.26 Å². The van der Waals surface area contributed by atoms with Crippen molar-refractivity contribution < 1.29 is 14.6 Å². The molecule has 0 aromatic carbocycles. The smallest absolute Gasteiger partial charge is 0.356 e. The van der Waals surface area contributed by atoms with Gasteiger partial charge in [-0.1, -0.05) is 0 Å². The molecule has 0 fully saturated rings. The third-order valence-electron chi connectivity index (χ3n) is 3.60. The van der Waals surface area contributed by atoms with Crippen LogP contribution >= 0.6 is 0 Å². The average Bonchev–Trinajstić information content (AvgIpc) is 3.01. The number of nitriles is 1. The predicted molar refractivity (Wildman–Crippen MR) is 88.7 cm³/mol. The Morgan fingerprint density at radius 2 is 2.17 bits per heavy atom. The highest BCUT2D eigenvalue weighted by atomic mass is 16.5. The summed E-state index contributed by atoms with van der Waals surface area (Å²) in [5.74, 6) is -0.769. The van der Waals surface area contributed by atoms with E-state index >= 15 is 0 Å². The number of ether oxygens (including phenoxy) is 1. The van der Waals surface area contributed by atoms with Crippen LogP contribution in [0.3, 0.4) is 0 Å². The number of nitrogens with zero attached hydrogens (tertiary/aromatic N) is 3. The van der Waals surface area contributed by atoms with E-state index in [1.165, 1.54) is 12.2 Å². The summed E-state index contributed by atoms with van der Waals surface area (Å²) in [5.41, 5.74) is 0.700. The zero-order valence-corrected chi connectivity index (χ0v) is 13.7. The van der Waals surface area contributed by atoms with Crippen LogP contribution in [0.15, 0.2) is 27.6 Å². The maximum Gasteiger partial charge on any atom is 0.356 e. The normalized spacial score (nSPS) is 14.6. The van der Waals surface area contributed by atoms with Crippen molar-refractivity contribution in [2.45, 2.75) is 27.3 Å². The molecule has 0 spiro atoms. The molecule has 0 radical (unpaired) electrons. The van der Waals surface area contributed by atoms with E-state index in [0.717, 1.165) is 4.57 Å². The van der Waals surface area contributed by atoms with Crippen molar-refractivity contribution >= 4 is 17.8 Å². The Labute approximate surface area is 138 Å². The number of pyridine rings is 1. The van der Waals surface area contributed by atoms with Crippen molar-refractivity contribution in [1.82, 2.24) is 4.57 Å². The van der Waals surface area contributed by atoms with Gasteiger partial charge in [-0.05, 0) is 44.6 Å². The van der Waals surface area contributed by atoms with Gasteiger partial charge in [0.2, 0.25) is 5.88 Å². The fraction of sp³-hybridized carbons (Fsp3) is 0.294. The van der Waals surface area contributed by atoms with Gasteiger partial charge in [-0.2, -0.15) is 5.26 Å². The molecule has 1 aromatic heterocycles. The maximum atomic E-state index is 12.1. The summed E-state index contributed by atoms with van der Waals surface area (Å²) in [6.45, 7) is 5.45. The summed E-state index contributed by atoms with van der Waals surface area (Å²) < 4.78 is 5.99. The summed E-state index contributed by atoms with van der Waals surface area (Å²) in [7, 11) is 0. The van der Waals surface area contributed by atoms with E-state index in [1.54, 1.807) is 26.8 Å². The first-order valence-electron chi connectivity index (χ1n) is 7.46. The van der Waals surface area contributed by atoms with E-state index in [-0.39, 0.29) is 30.3 Å². The van der Waals surface area contributed by atoms with Crippen molar-refractivity contribution in [3.63, 3.8) is 0 Å². The van der Waals surface area contributed by atoms with Crippen molar-refractivity contribution in [2.24, 2.45) is 4.99 Å². The molecule has 0 aliphatic carbocycles. The number of aromatic hydroxyl groups is 1. The second-order valence-electron chi connectivity index (χ2n) is 5.02. The number of esters is 1. The lowest BCUT2D eigenvalue weighted by atomic mass is 10.0. The van der Waals surface area contributed by atoms with Crippen LogP contribution in [0.2, 0.25) is 0 Å². The highest BCUT2D eigenvalue weighted by Gasteiger charge is 2.19. The van der Waals surface area contributed by atoms with Gasteiger partial charge in [0.15, 0.2) is 0 Å². The van der Waals surface area contributed by atoms with E-state index in [9.17, 15) is 20.0 Å². The van der Waals surface area contributed by atoms with Crippen LogP contribution in [-0.4, -0.2) is 28.0 Å². The molecule has 1 aliphatic heterocycles. The minimum absolute atomic E-state index is 0.0296. The summed E-state index contributed by atoms with van der Waals surface area (Å²) in [6.07, 6.45) is 4.63. The quantitative estimate of drug-likeness (QED) is 0.847. The van der Waals surface area contributed by atoms with Crippen LogP contribution in [0.1, 0.15) is 30.5 Å². The summed E-state index contributed by atoms with van der Waals surface area (Å²) in [5, 5.41) is 19.5. The molecule has 1 aromatic rings. The minimum Gasteiger partial charge on any atom is -0.494 e. The van der Waals surface area contributed by atoms with Gasteiger partial charge in [0.1, 0.15) is 17.3 Å². The largest absolute Gasteiger partial charge is 0.494 e. The van der Waals surface area contributed by atoms with Gasteiger partial charge in [0.25, 0.3) is 5.56 Å². The molecule has 24 heavy (non-hydrogen) atoms. The molecule has 124 valence electrons. The maximum absolute atomic E-state index is 12.1. The summed E-state index contributed by atoms with van der Waals surface area (Å²) >= 11 is 0. The van der Waals surface area contributed by atoms with Crippen molar-refractivity contribution in [2.75, 3.05) is 6.61 Å². The Morgan fingerprint density at radius 3 is 2.75 bits per heavy atom. The Hall–Kier alpha value is -3.14. The number of carbonyl (C=O) groups is 1. The number of allylic oxidation sites excluding steroid dienone is 1. The molecule has 1 N–H and O–H groups in total. The molecular formula is C17H17N3O4. The Bertz CT molecular complexity index is 883. The Kier molecular flexibility index (Phi) is 4.99. The fourth-order valence-corrected chi connectivity index (χ4v) is 2.36. The van der Waals surface area contributed by atoms with Crippen molar-refractivity contribution in [3.8, 4) is 11.9 Å². The monoisotopic (exact) mass is 327 g/mol. The van der Waals surface area contributed by atoms with Crippen LogP contribution in [0, 0.1) is 18.3 Å². The van der Waals surface area contributed by atoms with Gasteiger partial charge in [0.05, 0.1) is 12.3 Å². The molecule has 7 nitrogen and oxygen atoms in total. The van der Waals surface area contributed by atoms with Crippen LogP contribution in [0.4, 0.5) is 0 Å². The number of rotatable bonds is 4. The van der Waals surface area contributed by atoms with Gasteiger partial charge in [0, 0.05) is 12.1 Å². The average molecular weight is 327 g/mol. The molecule has 2 rings (SSSR count). The number of aliphatic imine (C=N–C) groups is 1. The first-order chi connectivity index (χ1) is 11.4. The third-order valence-corrected chi connectivity index (χ3v) is 3.60. The lowest BCUT2D eigenvalue weighted by Crippen LogP contribution is -2.24. The van der Waals surface area contributed by atoms with E-state index in [0.29, 0.717) is 16.8 Å². The van der Waals surface area contributed by atoms with Crippen LogP contribution < -0.4 is 5.56 Å². The molecular weight excluding hydrogens is 310 g/mol. The van der Waals surface area contributed by atoms with E-state index in [1.807, 2.05) is 6.07 Å². The molecule has 0 atom stereocenters. The predicted octanol–water partition coefficient (Wildman–Crippen LogP) is 1.67. The first kappa shape index (κ1) is 17.2. The number of hydrogen-bond donors (Lipinski definition) is 1. The Balaban J connectivity index is 2.56. The van der Waals surface area contributed by atoms with Gasteiger partial charge in [-0.3, -0.25) is 9.36 Å². The number of carbonyl (C=O) groups excluding carboxylic acids is 1. The molecule has 1 aliphatic rings. The molecule has 0 bridgehead atoms. The molecule has 2 heterocycles. The highest BCUT2D eigenvalue weighted by molar-refractivity contribution is 6.42. The van der Waals surface area contributed by atoms with E-state index in [4.69, 9.17) is 4.74 Å². The molecule has 0 unspecified atom stereocenters. The van der Waals surface area contributed by atoms with Crippen molar-refractivity contribution in [3.05, 3.63) is 44.9 Å². The highest BCUT2D eigenvalue weighted by Crippen LogP contribution is 2.26. The Morgan fingerprint density at radius 1 is 1.46 bits per heavy atom. The second-order valence-corrected chi connectivity index (χ2v) is 5.02. The van der Waals surface area contributed by atoms with E-state index < -0.39 is 11.5 Å². The number of aromatic nitrogens is 1. The standard InChI is InChI=1S/C17H17N3O4/c1-4-20-15(21)12(10(3)13(9-18)16(20)22)8-11-6-7-14(19-11)17(23)24-5-2/h6-8,21H,4-5H2,1-3H3. The van der Waals surface area contributed by atoms with Crippen LogP contribution in [0.5, 0.6) is 5.88 Å². The van der Waals surface area contributed by atoms with Gasteiger partial charge in [-0.25, -0.2) is 9.79 Å². The SMILES string of the molecule is CCOC(=O)C1=NC(=Cc2c(C)c(C#N)c(=O)n(CC)c2O)C=C1. The first-order valence-corrected chi connectivity index (χ1v) is 7.46.